The number of esters is 1. The highest BCUT2D eigenvalue weighted by atomic mass is 35.5. The molecule has 0 fully saturated rings. The number of halogens is 2. The Kier molecular flexibility index (Phi) is 18.9. The smallest absolute Gasteiger partial charge is 0.305 e. The highest BCUT2D eigenvalue weighted by molar-refractivity contribution is 7.80. The Balaban J connectivity index is -0.000000605. The quantitative estimate of drug-likeness (QED) is 0.286. The molecule has 0 radical (unpaired) electrons. The average Bonchev–Trinajstić information content (AvgIpc) is 2.01. The average molecular weight is 265 g/mol. The van der Waals surface area contributed by atoms with E-state index in [0.717, 1.165) is 0 Å². The first-order valence-electron chi connectivity index (χ1n) is 3.96. The Labute approximate surface area is 102 Å². The van der Waals surface area contributed by atoms with E-state index in [1.807, 2.05) is 0 Å². The highest BCUT2D eigenvalue weighted by Gasteiger charge is 2.03. The SMILES string of the molecule is Cl.Cl.NCCCOC(=O)CCC(N)S. The minimum Gasteiger partial charge on any atom is -0.466 e. The topological polar surface area (TPSA) is 78.3 Å². The van der Waals surface area contributed by atoms with Gasteiger partial charge < -0.3 is 16.2 Å². The minimum atomic E-state index is -0.243. The van der Waals surface area contributed by atoms with Crippen LogP contribution < -0.4 is 11.5 Å². The maximum absolute atomic E-state index is 10.9. The second-order valence-corrected chi connectivity index (χ2v) is 3.13. The van der Waals surface area contributed by atoms with Gasteiger partial charge in [-0.05, 0) is 19.4 Å². The zero-order valence-electron chi connectivity index (χ0n) is 7.85. The molecular formula is C7H18Cl2N2O2S. The molecule has 0 heterocycles. The van der Waals surface area contributed by atoms with Crippen molar-refractivity contribution < 1.29 is 9.53 Å². The maximum atomic E-state index is 10.9. The molecule has 0 amide bonds. The van der Waals surface area contributed by atoms with E-state index in [4.69, 9.17) is 16.2 Å². The largest absolute Gasteiger partial charge is 0.466 e. The van der Waals surface area contributed by atoms with Crippen LogP contribution in [0.15, 0.2) is 0 Å². The van der Waals surface area contributed by atoms with Gasteiger partial charge in [0.25, 0.3) is 0 Å². The van der Waals surface area contributed by atoms with Crippen LogP contribution in [0.2, 0.25) is 0 Å². The maximum Gasteiger partial charge on any atom is 0.305 e. The summed E-state index contributed by atoms with van der Waals surface area (Å²) in [5, 5.41) is -0.243. The fraction of sp³-hybridized carbons (Fsp3) is 0.857. The van der Waals surface area contributed by atoms with Gasteiger partial charge in [0, 0.05) is 11.8 Å². The third kappa shape index (κ3) is 14.8. The molecule has 1 atom stereocenters. The van der Waals surface area contributed by atoms with Gasteiger partial charge in [-0.15, -0.1) is 24.8 Å². The Morgan fingerprint density at radius 1 is 1.43 bits per heavy atom. The fourth-order valence-corrected chi connectivity index (χ4v) is 0.736. The lowest BCUT2D eigenvalue weighted by atomic mass is 10.3. The van der Waals surface area contributed by atoms with E-state index >= 15 is 0 Å². The summed E-state index contributed by atoms with van der Waals surface area (Å²) in [4.78, 5) is 10.9. The van der Waals surface area contributed by atoms with Crippen LogP contribution in [0.3, 0.4) is 0 Å². The van der Waals surface area contributed by atoms with E-state index in [2.05, 4.69) is 12.6 Å². The van der Waals surface area contributed by atoms with Crippen molar-refractivity contribution in [2.45, 2.75) is 24.6 Å². The van der Waals surface area contributed by atoms with Crippen molar-refractivity contribution in [3.8, 4) is 0 Å². The summed E-state index contributed by atoms with van der Waals surface area (Å²) in [5.74, 6) is -0.229. The lowest BCUT2D eigenvalue weighted by molar-refractivity contribution is -0.143. The first-order valence-corrected chi connectivity index (χ1v) is 4.47. The summed E-state index contributed by atoms with van der Waals surface area (Å²) in [6.07, 6.45) is 1.58. The lowest BCUT2D eigenvalue weighted by Gasteiger charge is -2.04. The van der Waals surface area contributed by atoms with E-state index in [-0.39, 0.29) is 36.2 Å². The highest BCUT2D eigenvalue weighted by Crippen LogP contribution is 1.99. The number of thiol groups is 1. The van der Waals surface area contributed by atoms with Gasteiger partial charge in [-0.1, -0.05) is 0 Å². The summed E-state index contributed by atoms with van der Waals surface area (Å²) >= 11 is 3.93. The molecule has 0 bridgehead atoms. The Morgan fingerprint density at radius 3 is 2.43 bits per heavy atom. The van der Waals surface area contributed by atoms with Gasteiger partial charge in [0.2, 0.25) is 0 Å². The van der Waals surface area contributed by atoms with Crippen LogP contribution in [0.5, 0.6) is 0 Å². The number of nitrogens with two attached hydrogens (primary N) is 2. The monoisotopic (exact) mass is 264 g/mol. The van der Waals surface area contributed by atoms with Crippen molar-refractivity contribution in [1.82, 2.24) is 0 Å². The molecule has 1 unspecified atom stereocenters. The van der Waals surface area contributed by atoms with Gasteiger partial charge >= 0.3 is 5.97 Å². The van der Waals surface area contributed by atoms with Crippen molar-refractivity contribution in [2.24, 2.45) is 11.5 Å². The number of rotatable bonds is 6. The van der Waals surface area contributed by atoms with Gasteiger partial charge in [-0.3, -0.25) is 4.79 Å². The van der Waals surface area contributed by atoms with Gasteiger partial charge in [0.1, 0.15) is 0 Å². The Morgan fingerprint density at radius 2 is 2.00 bits per heavy atom. The third-order valence-corrected chi connectivity index (χ3v) is 1.51. The number of carbonyl (C=O) groups is 1. The van der Waals surface area contributed by atoms with Crippen LogP contribution in [0, 0.1) is 0 Å². The summed E-state index contributed by atoms with van der Waals surface area (Å²) in [5.41, 5.74) is 10.5. The second kappa shape index (κ2) is 13.3. The van der Waals surface area contributed by atoms with E-state index < -0.39 is 0 Å². The second-order valence-electron chi connectivity index (χ2n) is 2.47. The minimum absolute atomic E-state index is 0. The first-order chi connectivity index (χ1) is 5.66. The van der Waals surface area contributed by atoms with Crippen LogP contribution in [0.4, 0.5) is 0 Å². The molecule has 0 aliphatic rings. The molecule has 0 aromatic rings. The molecule has 0 aromatic carbocycles. The van der Waals surface area contributed by atoms with Crippen molar-refractivity contribution in [3.63, 3.8) is 0 Å². The molecule has 4 N–H and O–H groups in total. The zero-order valence-corrected chi connectivity index (χ0v) is 10.4. The number of carbonyl (C=O) groups excluding carboxylic acids is 1. The van der Waals surface area contributed by atoms with Gasteiger partial charge in [0.15, 0.2) is 0 Å². The number of ether oxygens (including phenoxy) is 1. The van der Waals surface area contributed by atoms with E-state index in [1.54, 1.807) is 0 Å². The molecule has 0 aliphatic heterocycles. The van der Waals surface area contributed by atoms with E-state index in [1.165, 1.54) is 0 Å². The Bertz CT molecular complexity index is 139. The lowest BCUT2D eigenvalue weighted by Crippen LogP contribution is -2.16. The third-order valence-electron chi connectivity index (χ3n) is 1.26. The first kappa shape index (κ1) is 19.8. The van der Waals surface area contributed by atoms with E-state index in [9.17, 15) is 4.79 Å². The van der Waals surface area contributed by atoms with Crippen LogP contribution in [-0.2, 0) is 9.53 Å². The van der Waals surface area contributed by atoms with Crippen LogP contribution >= 0.6 is 37.4 Å². The molecule has 0 aromatic heterocycles. The molecule has 14 heavy (non-hydrogen) atoms. The van der Waals surface area contributed by atoms with Crippen LogP contribution in [0.25, 0.3) is 0 Å². The summed E-state index contributed by atoms with van der Waals surface area (Å²) in [6.45, 7) is 0.941. The van der Waals surface area contributed by atoms with Crippen LogP contribution in [0.1, 0.15) is 19.3 Å². The van der Waals surface area contributed by atoms with Crippen LogP contribution in [-0.4, -0.2) is 24.5 Å². The molecule has 0 aliphatic carbocycles. The predicted octanol–water partition coefficient (Wildman–Crippen LogP) is 0.717. The molecule has 0 spiro atoms. The van der Waals surface area contributed by atoms with Gasteiger partial charge in [-0.25, -0.2) is 0 Å². The van der Waals surface area contributed by atoms with Crippen molar-refractivity contribution in [2.75, 3.05) is 13.2 Å². The molecule has 0 rings (SSSR count). The summed E-state index contributed by atoms with van der Waals surface area (Å²) in [6, 6.07) is 0. The van der Waals surface area contributed by atoms with Crippen molar-refractivity contribution in [1.29, 1.82) is 0 Å². The van der Waals surface area contributed by atoms with Gasteiger partial charge in [-0.2, -0.15) is 12.6 Å². The molecule has 7 heteroatoms. The standard InChI is InChI=1S/C7H16N2O2S.2ClH/c8-4-1-5-11-7(10)3-2-6(9)12;;/h6,12H,1-5,8-9H2;2*1H. The summed E-state index contributed by atoms with van der Waals surface area (Å²) < 4.78 is 4.82. The Hall–Kier alpha value is 0.320. The molecule has 0 saturated carbocycles. The number of hydrogen-bond acceptors (Lipinski definition) is 5. The number of hydrogen-bond donors (Lipinski definition) is 3. The van der Waals surface area contributed by atoms with Crippen molar-refractivity contribution >= 4 is 43.4 Å². The van der Waals surface area contributed by atoms with Crippen molar-refractivity contribution in [3.05, 3.63) is 0 Å². The molecule has 88 valence electrons. The van der Waals surface area contributed by atoms with E-state index in [0.29, 0.717) is 32.4 Å². The normalized spacial score (nSPS) is 10.8. The zero-order chi connectivity index (χ0) is 9.40. The predicted molar refractivity (Wildman–Crippen MR) is 65.3 cm³/mol. The molecule has 0 saturated heterocycles. The molecular weight excluding hydrogens is 247 g/mol. The molecule has 4 nitrogen and oxygen atoms in total. The summed E-state index contributed by atoms with van der Waals surface area (Å²) in [7, 11) is 0. The van der Waals surface area contributed by atoms with Gasteiger partial charge in [0.05, 0.1) is 6.61 Å². The fourth-order valence-electron chi connectivity index (χ4n) is 0.607.